The molecule has 0 aliphatic heterocycles. The van der Waals surface area contributed by atoms with Crippen LogP contribution in [-0.2, 0) is 17.1 Å². The largest absolute Gasteiger partial charge is 1.00 e. The van der Waals surface area contributed by atoms with Gasteiger partial charge in [0.05, 0.1) is 49.0 Å². The third-order valence-electron chi connectivity index (χ3n) is 9.66. The molecule has 0 aromatic heterocycles. The smallest absolute Gasteiger partial charge is 0.282 e. The number of hydrogen-bond acceptors (Lipinski definition) is 8. The molecule has 0 aliphatic carbocycles. The van der Waals surface area contributed by atoms with Crippen LogP contribution >= 0.6 is 0 Å². The molecule has 0 saturated heterocycles. The van der Waals surface area contributed by atoms with Crippen molar-refractivity contribution in [2.24, 2.45) is 20.0 Å². The van der Waals surface area contributed by atoms with Crippen LogP contribution in [-0.4, -0.2) is 49.0 Å². The molecule has 0 aliphatic rings. The molecule has 0 saturated carbocycles. The van der Waals surface area contributed by atoms with E-state index in [4.69, 9.17) is 38.6 Å². The van der Waals surface area contributed by atoms with Crippen molar-refractivity contribution in [2.45, 2.75) is 0 Å². The Balaban J connectivity index is 0.000000222. The Morgan fingerprint density at radius 3 is 0.455 bits per heavy atom. The van der Waals surface area contributed by atoms with Gasteiger partial charge in [0.1, 0.15) is 0 Å². The van der Waals surface area contributed by atoms with Gasteiger partial charge < -0.3 is 0 Å². The zero-order valence-corrected chi connectivity index (χ0v) is 37.7. The van der Waals surface area contributed by atoms with Gasteiger partial charge in [-0.15, -0.1) is 10.2 Å². The Labute approximate surface area is 400 Å². The van der Waals surface area contributed by atoms with Gasteiger partial charge in [0, 0.05) is 44.5 Å². The summed E-state index contributed by atoms with van der Waals surface area (Å²) in [5, 5.41) is 0. The first-order chi connectivity index (χ1) is 31.8. The normalized spacial score (nSPS) is 10.2. The number of benzene rings is 8. The quantitative estimate of drug-likeness (QED) is 0.0638. The topological polar surface area (TPSA) is 142 Å². The first kappa shape index (κ1) is 50.1. The van der Waals surface area contributed by atoms with Crippen LogP contribution in [0.2, 0.25) is 0 Å². The van der Waals surface area contributed by atoms with Crippen LogP contribution in [0.4, 0.5) is 0 Å². The Morgan fingerprint density at radius 2 is 0.348 bits per heavy atom. The molecule has 0 bridgehead atoms. The van der Waals surface area contributed by atoms with Gasteiger partial charge in [0.2, 0.25) is 0 Å². The molecule has 66 heavy (non-hydrogen) atoms. The molecule has 0 fully saturated rings. The number of hydrogen-bond donors (Lipinski definition) is 0. The minimum Gasteiger partial charge on any atom is -0.282 e. The van der Waals surface area contributed by atoms with E-state index >= 15 is 0 Å². The van der Waals surface area contributed by atoms with Crippen LogP contribution < -0.4 is 18.6 Å². The molecule has 0 spiro atoms. The molecular weight excluding hydrogens is 892 g/mol. The summed E-state index contributed by atoms with van der Waals surface area (Å²) in [5.41, 5.74) is 13.0. The van der Waals surface area contributed by atoms with Crippen LogP contribution in [0, 0.1) is 10.2 Å². The third-order valence-corrected chi connectivity index (χ3v) is 9.66. The van der Waals surface area contributed by atoms with E-state index in [0.29, 0.717) is 26.2 Å². The number of halogens is 1. The van der Waals surface area contributed by atoms with Gasteiger partial charge in [-0.1, -0.05) is 243 Å². The molecule has 0 N–H and O–H groups in total. The van der Waals surface area contributed by atoms with E-state index in [1.807, 2.05) is 48.5 Å². The van der Waals surface area contributed by atoms with Crippen molar-refractivity contribution >= 4 is 22.8 Å². The zero-order valence-electron chi connectivity index (χ0n) is 36.0. The molecule has 0 heterocycles. The average molecular weight is 940 g/mol. The number of rotatable bonds is 14. The van der Waals surface area contributed by atoms with Crippen molar-refractivity contribution in [3.63, 3.8) is 0 Å². The molecule has 8 nitrogen and oxygen atoms in total. The fraction of sp³-hybridized carbons (Fsp3) is 0.0714. The monoisotopic (exact) mass is 938 g/mol. The molecule has 8 aromatic carbocycles. The third kappa shape index (κ3) is 16.9. The summed E-state index contributed by atoms with van der Waals surface area (Å²) in [4.78, 5) is 19.7. The predicted molar refractivity (Wildman–Crippen MR) is 254 cm³/mol. The number of nitrogens with zero attached hydrogens (tertiary/aromatic N) is 4. The van der Waals surface area contributed by atoms with E-state index in [1.165, 1.54) is 0 Å². The summed E-state index contributed by atoms with van der Waals surface area (Å²) in [6, 6.07) is 82.7. The summed E-state index contributed by atoms with van der Waals surface area (Å²) < 4.78 is 34.0. The molecule has 0 unspecified atom stereocenters. The summed E-state index contributed by atoms with van der Waals surface area (Å²) in [7, 11) is -4.94. The minimum atomic E-state index is -4.94. The first-order valence-electron chi connectivity index (χ1n) is 21.1. The minimum absolute atomic E-state index is 0. The second kappa shape index (κ2) is 27.4. The van der Waals surface area contributed by atoms with Gasteiger partial charge in [-0.2, -0.15) is 0 Å². The van der Waals surface area contributed by atoms with Crippen molar-refractivity contribution in [2.75, 3.05) is 26.2 Å². The van der Waals surface area contributed by atoms with Gasteiger partial charge in [0.15, 0.2) is 0 Å². The standard InChI is InChI=1S/2C28H24N2.ClHO4.Cu/c2*1-5-13-23(14-6-1)27(24-15-7-2-8-16-24)29-21-22-30-28(25-17-9-3-10-18-25)26-19-11-4-12-20-26;2-1(3,4)5;/h2*1-20H,21-22H2;(H,2,3,4,5);/q;;;+1/p-1. The zero-order chi connectivity index (χ0) is 45.4. The van der Waals surface area contributed by atoms with E-state index in [-0.39, 0.29) is 17.1 Å². The maximum Gasteiger partial charge on any atom is 1.00 e. The van der Waals surface area contributed by atoms with Crippen LogP contribution in [0.15, 0.2) is 263 Å². The van der Waals surface area contributed by atoms with Crippen molar-refractivity contribution in [3.8, 4) is 0 Å². The van der Waals surface area contributed by atoms with Gasteiger partial charge in [-0.25, -0.2) is 18.6 Å². The van der Waals surface area contributed by atoms with Crippen LogP contribution in [0.25, 0.3) is 0 Å². The van der Waals surface area contributed by atoms with E-state index in [1.54, 1.807) is 0 Å². The molecule has 334 valence electrons. The molecule has 10 heteroatoms. The summed E-state index contributed by atoms with van der Waals surface area (Å²) >= 11 is 0. The summed E-state index contributed by atoms with van der Waals surface area (Å²) in [5.74, 6) is 0. The maximum absolute atomic E-state index is 8.49. The Kier molecular flexibility index (Phi) is 20.8. The van der Waals surface area contributed by atoms with Crippen molar-refractivity contribution in [1.82, 2.24) is 0 Å². The van der Waals surface area contributed by atoms with Crippen molar-refractivity contribution < 1.29 is 45.9 Å². The van der Waals surface area contributed by atoms with E-state index in [2.05, 4.69) is 194 Å². The molecule has 0 amide bonds. The fourth-order valence-corrected chi connectivity index (χ4v) is 6.81. The van der Waals surface area contributed by atoms with Gasteiger partial charge >= 0.3 is 17.1 Å². The van der Waals surface area contributed by atoms with Crippen LogP contribution in [0.5, 0.6) is 0 Å². The Bertz CT molecular complexity index is 2160. The van der Waals surface area contributed by atoms with Gasteiger partial charge in [-0.3, -0.25) is 20.0 Å². The second-order valence-electron chi connectivity index (χ2n) is 14.2. The molecule has 8 rings (SSSR count). The number of aliphatic imine (C=N–C) groups is 4. The van der Waals surface area contributed by atoms with Crippen molar-refractivity contribution in [3.05, 3.63) is 287 Å². The Morgan fingerprint density at radius 1 is 0.242 bits per heavy atom. The van der Waals surface area contributed by atoms with Crippen LogP contribution in [0.1, 0.15) is 44.5 Å². The maximum atomic E-state index is 8.49. The average Bonchev–Trinajstić information content (AvgIpc) is 3.36. The fourth-order valence-electron chi connectivity index (χ4n) is 6.81. The van der Waals surface area contributed by atoms with E-state index < -0.39 is 10.2 Å². The molecule has 0 atom stereocenters. The SMILES string of the molecule is [Cu+].[O-][Cl+3]([O-])([O-])[O-].c1ccc(C(=NCCN=C(c2ccccc2)c2ccccc2)c2ccccc2)cc1.c1ccc(C(=NCCN=C(c2ccccc2)c2ccccc2)c2ccccc2)cc1. The summed E-state index contributed by atoms with van der Waals surface area (Å²) in [6.07, 6.45) is 0. The van der Waals surface area contributed by atoms with Crippen LogP contribution in [0.3, 0.4) is 0 Å². The second-order valence-corrected chi connectivity index (χ2v) is 15.0. The van der Waals surface area contributed by atoms with Gasteiger partial charge in [0.25, 0.3) is 0 Å². The van der Waals surface area contributed by atoms with E-state index in [9.17, 15) is 0 Å². The van der Waals surface area contributed by atoms with Gasteiger partial charge in [-0.05, 0) is 0 Å². The van der Waals surface area contributed by atoms with E-state index in [0.717, 1.165) is 67.4 Å². The van der Waals surface area contributed by atoms with Crippen molar-refractivity contribution in [1.29, 1.82) is 0 Å². The molecule has 8 aromatic rings. The molecule has 0 radical (unpaired) electrons. The molecular formula is C56H48ClCuN4O4. The summed E-state index contributed by atoms with van der Waals surface area (Å²) in [6.45, 7) is 2.51. The first-order valence-corrected chi connectivity index (χ1v) is 22.3. The Hall–Kier alpha value is -6.91. The predicted octanol–water partition coefficient (Wildman–Crippen LogP) is 7.36.